The fourth-order valence-electron chi connectivity index (χ4n) is 3.37. The van der Waals surface area contributed by atoms with E-state index >= 15 is 0 Å². The van der Waals surface area contributed by atoms with Crippen LogP contribution in [0.2, 0.25) is 0 Å². The molecule has 138 valence electrons. The van der Waals surface area contributed by atoms with Crippen LogP contribution in [-0.4, -0.2) is 44.5 Å². The van der Waals surface area contributed by atoms with Gasteiger partial charge >= 0.3 is 0 Å². The number of imidazole rings is 1. The first kappa shape index (κ1) is 18.3. The Morgan fingerprint density at radius 3 is 2.60 bits per heavy atom. The van der Waals surface area contributed by atoms with Gasteiger partial charge < -0.3 is 10.8 Å². The molecule has 1 saturated carbocycles. The van der Waals surface area contributed by atoms with Crippen molar-refractivity contribution >= 4 is 37.8 Å². The third-order valence-electron chi connectivity index (χ3n) is 5.18. The maximum Gasteiger partial charge on any atom is 0.239 e. The number of nitrogens with zero attached hydrogens (tertiary/aromatic N) is 2. The van der Waals surface area contributed by atoms with E-state index in [0.29, 0.717) is 28.1 Å². The minimum atomic E-state index is -3.57. The van der Waals surface area contributed by atoms with Crippen molar-refractivity contribution in [2.75, 3.05) is 23.5 Å². The number of hydrogen-bond donors (Lipinski definition) is 2. The minimum Gasteiger partial charge on any atom is -0.385 e. The summed E-state index contributed by atoms with van der Waals surface area (Å²) in [7, 11) is -4.55. The molecule has 1 heterocycles. The van der Waals surface area contributed by atoms with E-state index in [-0.39, 0.29) is 5.95 Å². The third kappa shape index (κ3) is 2.98. The van der Waals surface area contributed by atoms with E-state index < -0.39 is 31.8 Å². The summed E-state index contributed by atoms with van der Waals surface area (Å²) in [5, 5.41) is 11.2. The second kappa shape index (κ2) is 5.78. The van der Waals surface area contributed by atoms with Crippen molar-refractivity contribution in [1.82, 2.24) is 8.96 Å². The summed E-state index contributed by atoms with van der Waals surface area (Å²) in [6.45, 7) is 3.60. The molecule has 2 atom stereocenters. The number of rotatable bonds is 6. The van der Waals surface area contributed by atoms with E-state index in [1.807, 2.05) is 6.92 Å². The molecule has 0 bridgehead atoms. The molecule has 1 aliphatic rings. The number of aliphatic hydroxyl groups is 1. The summed E-state index contributed by atoms with van der Waals surface area (Å²) in [4.78, 5) is 4.12. The predicted octanol–water partition coefficient (Wildman–Crippen LogP) is 1.18. The summed E-state index contributed by atoms with van der Waals surface area (Å²) < 4.78 is 36.8. The zero-order valence-corrected chi connectivity index (χ0v) is 16.2. The van der Waals surface area contributed by atoms with Gasteiger partial charge in [-0.3, -0.25) is 4.21 Å². The predicted molar refractivity (Wildman–Crippen MR) is 99.2 cm³/mol. The molecule has 1 aromatic heterocycles. The molecule has 1 aromatic carbocycles. The van der Waals surface area contributed by atoms with Gasteiger partial charge in [0.05, 0.1) is 22.9 Å². The Labute approximate surface area is 149 Å². The van der Waals surface area contributed by atoms with E-state index in [1.165, 1.54) is 0 Å². The number of aromatic nitrogens is 2. The molecule has 0 aliphatic heterocycles. The van der Waals surface area contributed by atoms with E-state index in [0.717, 1.165) is 23.1 Å². The Hall–Kier alpha value is -1.45. The molecule has 0 amide bonds. The molecule has 3 N–H and O–H groups in total. The van der Waals surface area contributed by atoms with Crippen LogP contribution in [0.4, 0.5) is 5.95 Å². The number of nitrogen functional groups attached to an aromatic ring is 1. The summed E-state index contributed by atoms with van der Waals surface area (Å²) in [6, 6.07) is 4.97. The quantitative estimate of drug-likeness (QED) is 0.771. The van der Waals surface area contributed by atoms with Gasteiger partial charge in [0.1, 0.15) is 0 Å². The van der Waals surface area contributed by atoms with Gasteiger partial charge in [0.2, 0.25) is 16.0 Å². The average molecular weight is 386 g/mol. The molecular formula is C16H23N3O4S2. The summed E-state index contributed by atoms with van der Waals surface area (Å²) in [5.74, 6) is 0.906. The minimum absolute atomic E-state index is 0.109. The van der Waals surface area contributed by atoms with Gasteiger partial charge in [-0.25, -0.2) is 17.4 Å². The molecule has 25 heavy (non-hydrogen) atoms. The number of benzene rings is 1. The van der Waals surface area contributed by atoms with Crippen LogP contribution in [0, 0.1) is 5.41 Å². The van der Waals surface area contributed by atoms with Crippen molar-refractivity contribution < 1.29 is 17.7 Å². The van der Waals surface area contributed by atoms with Crippen molar-refractivity contribution in [3.8, 4) is 0 Å². The first-order chi connectivity index (χ1) is 11.5. The lowest BCUT2D eigenvalue weighted by Gasteiger charge is -2.33. The molecular weight excluding hydrogens is 362 g/mol. The van der Waals surface area contributed by atoms with Gasteiger partial charge in [-0.2, -0.15) is 0 Å². The molecule has 2 unspecified atom stereocenters. The molecule has 0 radical (unpaired) electrons. The lowest BCUT2D eigenvalue weighted by molar-refractivity contribution is -0.0106. The Balaban J connectivity index is 2.07. The van der Waals surface area contributed by atoms with Crippen LogP contribution in [0.25, 0.3) is 11.0 Å². The molecule has 7 nitrogen and oxygen atoms in total. The monoisotopic (exact) mass is 385 g/mol. The maximum absolute atomic E-state index is 12.0. The SMILES string of the molecule is CCS(=O)CC1(C(C)(O)c2ccc3c(c2)nc(N)n3S(C)(=O)=O)CC1. The van der Waals surface area contributed by atoms with E-state index in [9.17, 15) is 17.7 Å². The Bertz CT molecular complexity index is 959. The first-order valence-electron chi connectivity index (χ1n) is 8.08. The largest absolute Gasteiger partial charge is 0.385 e. The lowest BCUT2D eigenvalue weighted by Crippen LogP contribution is -2.37. The fourth-order valence-corrected chi connectivity index (χ4v) is 5.65. The fraction of sp³-hybridized carbons (Fsp3) is 0.562. The second-order valence-corrected chi connectivity index (χ2v) is 10.5. The summed E-state index contributed by atoms with van der Waals surface area (Å²) in [6.07, 6.45) is 2.68. The van der Waals surface area contributed by atoms with Crippen LogP contribution < -0.4 is 5.73 Å². The Morgan fingerprint density at radius 1 is 1.44 bits per heavy atom. The average Bonchev–Trinajstić information content (AvgIpc) is 3.20. The highest BCUT2D eigenvalue weighted by atomic mass is 32.2. The highest BCUT2D eigenvalue weighted by molar-refractivity contribution is 7.89. The molecule has 9 heteroatoms. The van der Waals surface area contributed by atoms with Gasteiger partial charge in [0, 0.05) is 27.7 Å². The van der Waals surface area contributed by atoms with Crippen LogP contribution in [0.1, 0.15) is 32.3 Å². The van der Waals surface area contributed by atoms with Crippen LogP contribution in [-0.2, 0) is 26.4 Å². The zero-order chi connectivity index (χ0) is 18.6. The standard InChI is InChI=1S/C16H23N3O4S2/c1-4-24(21)10-16(7-8-16)15(2,20)11-5-6-13-12(9-11)18-14(17)19(13)25(3,22)23/h5-6,9,20H,4,7-8,10H2,1-3H3,(H2,17,18). The van der Waals surface area contributed by atoms with Gasteiger partial charge in [-0.15, -0.1) is 0 Å². The smallest absolute Gasteiger partial charge is 0.239 e. The van der Waals surface area contributed by atoms with Crippen LogP contribution >= 0.6 is 0 Å². The third-order valence-corrected chi connectivity index (χ3v) is 7.74. The van der Waals surface area contributed by atoms with Crippen LogP contribution in [0.3, 0.4) is 0 Å². The molecule has 0 saturated heterocycles. The van der Waals surface area contributed by atoms with Crippen molar-refractivity contribution in [1.29, 1.82) is 0 Å². The zero-order valence-electron chi connectivity index (χ0n) is 14.5. The number of hydrogen-bond acceptors (Lipinski definition) is 6. The summed E-state index contributed by atoms with van der Waals surface area (Å²) >= 11 is 0. The van der Waals surface area contributed by atoms with Crippen LogP contribution in [0.15, 0.2) is 18.2 Å². The maximum atomic E-state index is 12.0. The van der Waals surface area contributed by atoms with Gasteiger partial charge in [0.25, 0.3) is 0 Å². The Morgan fingerprint density at radius 2 is 2.08 bits per heavy atom. The molecule has 2 aromatic rings. The Kier molecular flexibility index (Phi) is 4.24. The number of fused-ring (bicyclic) bond motifs is 1. The first-order valence-corrected chi connectivity index (χ1v) is 11.4. The lowest BCUT2D eigenvalue weighted by atomic mass is 9.81. The van der Waals surface area contributed by atoms with E-state index in [4.69, 9.17) is 5.73 Å². The van der Waals surface area contributed by atoms with Gasteiger partial charge in [-0.1, -0.05) is 13.0 Å². The molecule has 0 spiro atoms. The second-order valence-electron chi connectivity index (χ2n) is 6.93. The molecule has 1 fully saturated rings. The normalized spacial score (nSPS) is 20.3. The number of nitrogens with two attached hydrogens (primary N) is 1. The summed E-state index contributed by atoms with van der Waals surface area (Å²) in [5.41, 5.74) is 5.58. The van der Waals surface area contributed by atoms with Crippen LogP contribution in [0.5, 0.6) is 0 Å². The van der Waals surface area contributed by atoms with Crippen molar-refractivity contribution in [2.24, 2.45) is 5.41 Å². The molecule has 1 aliphatic carbocycles. The van der Waals surface area contributed by atoms with E-state index in [1.54, 1.807) is 25.1 Å². The molecule has 3 rings (SSSR count). The van der Waals surface area contributed by atoms with Crippen molar-refractivity contribution in [3.63, 3.8) is 0 Å². The number of anilines is 1. The van der Waals surface area contributed by atoms with Gasteiger partial charge in [-0.05, 0) is 37.5 Å². The topological polar surface area (TPSA) is 115 Å². The van der Waals surface area contributed by atoms with Gasteiger partial charge in [0.15, 0.2) is 0 Å². The highest BCUT2D eigenvalue weighted by Crippen LogP contribution is 2.58. The van der Waals surface area contributed by atoms with Crippen molar-refractivity contribution in [2.45, 2.75) is 32.3 Å². The van der Waals surface area contributed by atoms with E-state index in [2.05, 4.69) is 4.98 Å². The van der Waals surface area contributed by atoms with Crippen molar-refractivity contribution in [3.05, 3.63) is 23.8 Å². The highest BCUT2D eigenvalue weighted by Gasteiger charge is 2.57.